The molecule has 4 unspecified atom stereocenters. The van der Waals surface area contributed by atoms with Crippen LogP contribution in [0.4, 0.5) is 0 Å². The van der Waals surface area contributed by atoms with E-state index in [0.717, 1.165) is 18.3 Å². The van der Waals surface area contributed by atoms with Crippen molar-refractivity contribution in [3.05, 3.63) is 0 Å². The minimum absolute atomic E-state index is 0.0570. The molecule has 4 atom stereocenters. The topological polar surface area (TPSA) is 23.5 Å². The van der Waals surface area contributed by atoms with Crippen molar-refractivity contribution in [2.75, 3.05) is 13.1 Å². The number of hydrogen-bond acceptors (Lipinski definition) is 2. The molecule has 1 aliphatic heterocycles. The molecule has 0 aromatic rings. The summed E-state index contributed by atoms with van der Waals surface area (Å²) in [6, 6.07) is 0.468. The van der Waals surface area contributed by atoms with Gasteiger partial charge in [-0.1, -0.05) is 26.7 Å². The summed E-state index contributed by atoms with van der Waals surface area (Å²) >= 11 is 0. The Kier molecular flexibility index (Phi) is 4.26. The fourth-order valence-corrected chi connectivity index (χ4v) is 3.48. The van der Waals surface area contributed by atoms with Gasteiger partial charge in [0.1, 0.15) is 0 Å². The first-order valence-corrected chi connectivity index (χ1v) is 7.16. The second kappa shape index (κ2) is 5.50. The summed E-state index contributed by atoms with van der Waals surface area (Å²) in [7, 11) is 0. The van der Waals surface area contributed by atoms with Crippen LogP contribution in [0, 0.1) is 11.8 Å². The van der Waals surface area contributed by atoms with Crippen LogP contribution in [0.3, 0.4) is 0 Å². The average molecular weight is 225 g/mol. The summed E-state index contributed by atoms with van der Waals surface area (Å²) in [4.78, 5) is 2.57. The Hall–Kier alpha value is -0.0800. The minimum atomic E-state index is -0.0570. The third-order valence-electron chi connectivity index (χ3n) is 4.83. The van der Waals surface area contributed by atoms with E-state index in [1.165, 1.54) is 45.2 Å². The van der Waals surface area contributed by atoms with Crippen molar-refractivity contribution in [3.63, 3.8) is 0 Å². The van der Waals surface area contributed by atoms with Crippen molar-refractivity contribution < 1.29 is 5.11 Å². The molecule has 1 N–H and O–H groups in total. The van der Waals surface area contributed by atoms with Gasteiger partial charge in [-0.15, -0.1) is 0 Å². The molecule has 0 spiro atoms. The first-order valence-electron chi connectivity index (χ1n) is 7.16. The first-order chi connectivity index (χ1) is 7.74. The summed E-state index contributed by atoms with van der Waals surface area (Å²) in [6.45, 7) is 7.03. The standard InChI is InChI=1S/C14H27NO/c1-3-11-5-6-14(16)13(9-11)15-8-7-12(4-2)10-15/h11-14,16H,3-10H2,1-2H3. The summed E-state index contributed by atoms with van der Waals surface area (Å²) in [5.74, 6) is 1.74. The molecule has 94 valence electrons. The van der Waals surface area contributed by atoms with Crippen molar-refractivity contribution in [1.82, 2.24) is 4.90 Å². The van der Waals surface area contributed by atoms with Gasteiger partial charge in [-0.3, -0.25) is 4.90 Å². The SMILES string of the molecule is CCC1CCC(O)C(N2CCC(CC)C2)C1. The molecule has 0 amide bonds. The van der Waals surface area contributed by atoms with Gasteiger partial charge in [0.05, 0.1) is 6.10 Å². The van der Waals surface area contributed by atoms with Crippen LogP contribution in [0.15, 0.2) is 0 Å². The van der Waals surface area contributed by atoms with Crippen LogP contribution in [0.2, 0.25) is 0 Å². The molecule has 0 aromatic heterocycles. The average Bonchev–Trinajstić information content (AvgIpc) is 2.78. The molecule has 2 rings (SSSR count). The van der Waals surface area contributed by atoms with Crippen LogP contribution in [0.1, 0.15) is 52.4 Å². The maximum Gasteiger partial charge on any atom is 0.0695 e. The zero-order valence-electron chi connectivity index (χ0n) is 10.9. The molecule has 0 bridgehead atoms. The Morgan fingerprint density at radius 3 is 2.44 bits per heavy atom. The van der Waals surface area contributed by atoms with Crippen LogP contribution >= 0.6 is 0 Å². The highest BCUT2D eigenvalue weighted by Crippen LogP contribution is 2.33. The predicted molar refractivity (Wildman–Crippen MR) is 67.4 cm³/mol. The quantitative estimate of drug-likeness (QED) is 0.798. The van der Waals surface area contributed by atoms with E-state index in [1.807, 2.05) is 0 Å². The molecule has 1 heterocycles. The van der Waals surface area contributed by atoms with Gasteiger partial charge in [0, 0.05) is 12.6 Å². The highest BCUT2D eigenvalue weighted by atomic mass is 16.3. The molecular weight excluding hydrogens is 198 g/mol. The normalized spacial score (nSPS) is 41.4. The molecule has 2 aliphatic rings. The van der Waals surface area contributed by atoms with Gasteiger partial charge >= 0.3 is 0 Å². The van der Waals surface area contributed by atoms with Gasteiger partial charge in [-0.25, -0.2) is 0 Å². The van der Waals surface area contributed by atoms with Crippen LogP contribution < -0.4 is 0 Å². The van der Waals surface area contributed by atoms with Crippen LogP contribution in [0.25, 0.3) is 0 Å². The van der Waals surface area contributed by atoms with E-state index < -0.39 is 0 Å². The van der Waals surface area contributed by atoms with E-state index in [0.29, 0.717) is 6.04 Å². The fourth-order valence-electron chi connectivity index (χ4n) is 3.48. The van der Waals surface area contributed by atoms with Gasteiger partial charge in [-0.05, 0) is 44.1 Å². The fraction of sp³-hybridized carbons (Fsp3) is 1.00. The van der Waals surface area contributed by atoms with E-state index in [1.54, 1.807) is 0 Å². The Labute approximate surface area is 100 Å². The van der Waals surface area contributed by atoms with Gasteiger partial charge in [0.25, 0.3) is 0 Å². The third-order valence-corrected chi connectivity index (χ3v) is 4.83. The summed E-state index contributed by atoms with van der Waals surface area (Å²) < 4.78 is 0. The van der Waals surface area contributed by atoms with E-state index in [2.05, 4.69) is 18.7 Å². The largest absolute Gasteiger partial charge is 0.391 e. The number of hydrogen-bond donors (Lipinski definition) is 1. The smallest absolute Gasteiger partial charge is 0.0695 e. The van der Waals surface area contributed by atoms with E-state index in [-0.39, 0.29) is 6.10 Å². The van der Waals surface area contributed by atoms with E-state index in [9.17, 15) is 5.11 Å². The lowest BCUT2D eigenvalue weighted by Gasteiger charge is -2.38. The number of nitrogens with zero attached hydrogens (tertiary/aromatic N) is 1. The van der Waals surface area contributed by atoms with Crippen molar-refractivity contribution in [2.24, 2.45) is 11.8 Å². The minimum Gasteiger partial charge on any atom is -0.391 e. The maximum atomic E-state index is 10.2. The second-order valence-electron chi connectivity index (χ2n) is 5.78. The van der Waals surface area contributed by atoms with Crippen molar-refractivity contribution in [2.45, 2.75) is 64.5 Å². The first kappa shape index (κ1) is 12.4. The van der Waals surface area contributed by atoms with Crippen LogP contribution in [-0.2, 0) is 0 Å². The zero-order valence-corrected chi connectivity index (χ0v) is 10.9. The predicted octanol–water partition coefficient (Wildman–Crippen LogP) is 2.66. The zero-order chi connectivity index (χ0) is 11.5. The summed E-state index contributed by atoms with van der Waals surface area (Å²) in [6.07, 6.45) is 7.36. The highest BCUT2D eigenvalue weighted by molar-refractivity contribution is 4.90. The molecule has 2 heteroatoms. The lowest BCUT2D eigenvalue weighted by atomic mass is 9.82. The molecule has 1 saturated carbocycles. The van der Waals surface area contributed by atoms with Crippen molar-refractivity contribution in [1.29, 1.82) is 0 Å². The van der Waals surface area contributed by atoms with Crippen molar-refractivity contribution >= 4 is 0 Å². The molecule has 2 fully saturated rings. The number of aliphatic hydroxyl groups is 1. The number of likely N-dealkylation sites (tertiary alicyclic amines) is 1. The monoisotopic (exact) mass is 225 g/mol. The van der Waals surface area contributed by atoms with E-state index >= 15 is 0 Å². The Bertz CT molecular complexity index is 219. The van der Waals surface area contributed by atoms with Crippen molar-refractivity contribution in [3.8, 4) is 0 Å². The molecule has 16 heavy (non-hydrogen) atoms. The summed E-state index contributed by atoms with van der Waals surface area (Å²) in [5.41, 5.74) is 0. The van der Waals surface area contributed by atoms with Gasteiger partial charge < -0.3 is 5.11 Å². The molecule has 1 aliphatic carbocycles. The van der Waals surface area contributed by atoms with Gasteiger partial charge in [0.2, 0.25) is 0 Å². The summed E-state index contributed by atoms with van der Waals surface area (Å²) in [5, 5.41) is 10.2. The molecular formula is C14H27NO. The Balaban J connectivity index is 1.91. The number of aliphatic hydroxyl groups excluding tert-OH is 1. The Morgan fingerprint density at radius 1 is 1.06 bits per heavy atom. The van der Waals surface area contributed by atoms with Crippen LogP contribution in [-0.4, -0.2) is 35.2 Å². The van der Waals surface area contributed by atoms with E-state index in [4.69, 9.17) is 0 Å². The van der Waals surface area contributed by atoms with Gasteiger partial charge in [0.15, 0.2) is 0 Å². The lowest BCUT2D eigenvalue weighted by Crippen LogP contribution is -2.46. The van der Waals surface area contributed by atoms with Gasteiger partial charge in [-0.2, -0.15) is 0 Å². The number of rotatable bonds is 3. The molecule has 1 saturated heterocycles. The van der Waals surface area contributed by atoms with Crippen LogP contribution in [0.5, 0.6) is 0 Å². The second-order valence-corrected chi connectivity index (χ2v) is 5.78. The molecule has 0 radical (unpaired) electrons. The molecule has 2 nitrogen and oxygen atoms in total. The third kappa shape index (κ3) is 2.60. The maximum absolute atomic E-state index is 10.2. The Morgan fingerprint density at radius 2 is 1.81 bits per heavy atom. The highest BCUT2D eigenvalue weighted by Gasteiger charge is 2.35. The molecule has 0 aromatic carbocycles. The lowest BCUT2D eigenvalue weighted by molar-refractivity contribution is 0.0110.